The molecule has 0 aromatic rings. The molecular formula is C9H14N2O2. The zero-order chi connectivity index (χ0) is 10.1. The highest BCUT2D eigenvalue weighted by Crippen LogP contribution is 1.94. The van der Waals surface area contributed by atoms with Crippen molar-refractivity contribution in [3.63, 3.8) is 0 Å². The molecule has 0 aromatic carbocycles. The van der Waals surface area contributed by atoms with Crippen LogP contribution in [0.4, 0.5) is 0 Å². The average Bonchev–Trinajstić information content (AvgIpc) is 2.13. The molecule has 0 spiro atoms. The van der Waals surface area contributed by atoms with Crippen LogP contribution in [-0.4, -0.2) is 19.1 Å². The molecule has 0 aromatic heterocycles. The number of hydrogen-bond acceptors (Lipinski definition) is 4. The molecule has 4 nitrogen and oxygen atoms in total. The highest BCUT2D eigenvalue weighted by molar-refractivity contribution is 5.92. The standard InChI is InChI=1S/C9H14N2O2/c1-3-5-11-7-8(6-10)9(12)13-4-2/h7,11H,3-5H2,1-2H3/b8-7+. The van der Waals surface area contributed by atoms with Crippen LogP contribution in [0.1, 0.15) is 20.3 Å². The predicted octanol–water partition coefficient (Wildman–Crippen LogP) is 0.957. The quantitative estimate of drug-likeness (QED) is 0.298. The average molecular weight is 182 g/mol. The van der Waals surface area contributed by atoms with E-state index < -0.39 is 5.97 Å². The molecule has 0 atom stereocenters. The van der Waals surface area contributed by atoms with Gasteiger partial charge in [0.05, 0.1) is 6.61 Å². The number of carbonyl (C=O) groups excluding carboxylic acids is 1. The van der Waals surface area contributed by atoms with Gasteiger partial charge in [-0.1, -0.05) is 6.92 Å². The van der Waals surface area contributed by atoms with Crippen molar-refractivity contribution in [3.05, 3.63) is 11.8 Å². The second-order valence-electron chi connectivity index (χ2n) is 2.34. The molecular weight excluding hydrogens is 168 g/mol. The van der Waals surface area contributed by atoms with E-state index in [1.165, 1.54) is 6.20 Å². The molecule has 0 aliphatic heterocycles. The van der Waals surface area contributed by atoms with Crippen LogP contribution in [0.25, 0.3) is 0 Å². The van der Waals surface area contributed by atoms with E-state index in [2.05, 4.69) is 10.1 Å². The first-order valence-corrected chi connectivity index (χ1v) is 4.27. The zero-order valence-electron chi connectivity index (χ0n) is 7.96. The van der Waals surface area contributed by atoms with E-state index in [1.54, 1.807) is 13.0 Å². The second-order valence-corrected chi connectivity index (χ2v) is 2.34. The molecule has 0 saturated carbocycles. The first-order chi connectivity index (χ1) is 6.26. The van der Waals surface area contributed by atoms with Gasteiger partial charge in [-0.2, -0.15) is 5.26 Å². The third-order valence-electron chi connectivity index (χ3n) is 1.26. The topological polar surface area (TPSA) is 62.1 Å². The Labute approximate surface area is 78.2 Å². The number of nitrogens with zero attached hydrogens (tertiary/aromatic N) is 1. The van der Waals surface area contributed by atoms with Gasteiger partial charge in [0, 0.05) is 12.7 Å². The largest absolute Gasteiger partial charge is 0.462 e. The van der Waals surface area contributed by atoms with Crippen molar-refractivity contribution in [1.29, 1.82) is 5.26 Å². The van der Waals surface area contributed by atoms with Crippen LogP contribution >= 0.6 is 0 Å². The minimum Gasteiger partial charge on any atom is -0.462 e. The highest BCUT2D eigenvalue weighted by atomic mass is 16.5. The van der Waals surface area contributed by atoms with Gasteiger partial charge in [0.15, 0.2) is 5.57 Å². The molecule has 4 heteroatoms. The molecule has 0 bridgehead atoms. The lowest BCUT2D eigenvalue weighted by Crippen LogP contribution is -2.12. The third-order valence-corrected chi connectivity index (χ3v) is 1.26. The lowest BCUT2D eigenvalue weighted by Gasteiger charge is -2.00. The predicted molar refractivity (Wildman–Crippen MR) is 48.6 cm³/mol. The van der Waals surface area contributed by atoms with Crippen LogP contribution in [0.2, 0.25) is 0 Å². The number of carbonyl (C=O) groups is 1. The number of nitriles is 1. The summed E-state index contributed by atoms with van der Waals surface area (Å²) in [5, 5.41) is 11.4. The fourth-order valence-corrected chi connectivity index (χ4v) is 0.664. The summed E-state index contributed by atoms with van der Waals surface area (Å²) in [5.41, 5.74) is 0.00954. The summed E-state index contributed by atoms with van der Waals surface area (Å²) in [5.74, 6) is -0.575. The maximum absolute atomic E-state index is 11.0. The van der Waals surface area contributed by atoms with Crippen molar-refractivity contribution in [2.45, 2.75) is 20.3 Å². The normalized spacial score (nSPS) is 10.4. The van der Waals surface area contributed by atoms with Crippen LogP contribution in [0.3, 0.4) is 0 Å². The molecule has 72 valence electrons. The van der Waals surface area contributed by atoms with Gasteiger partial charge < -0.3 is 10.1 Å². The number of hydrogen-bond donors (Lipinski definition) is 1. The van der Waals surface area contributed by atoms with E-state index >= 15 is 0 Å². The van der Waals surface area contributed by atoms with Crippen molar-refractivity contribution in [3.8, 4) is 6.07 Å². The van der Waals surface area contributed by atoms with Gasteiger partial charge >= 0.3 is 5.97 Å². The molecule has 0 saturated heterocycles. The molecule has 0 heterocycles. The summed E-state index contributed by atoms with van der Waals surface area (Å²) in [6.45, 7) is 4.72. The number of ether oxygens (including phenoxy) is 1. The Morgan fingerprint density at radius 2 is 2.31 bits per heavy atom. The molecule has 0 rings (SSSR count). The van der Waals surface area contributed by atoms with Crippen LogP contribution in [0.5, 0.6) is 0 Å². The monoisotopic (exact) mass is 182 g/mol. The lowest BCUT2D eigenvalue weighted by atomic mass is 10.3. The van der Waals surface area contributed by atoms with Gasteiger partial charge in [-0.25, -0.2) is 4.79 Å². The van der Waals surface area contributed by atoms with E-state index in [9.17, 15) is 4.79 Å². The van der Waals surface area contributed by atoms with Gasteiger partial charge in [-0.3, -0.25) is 0 Å². The van der Waals surface area contributed by atoms with Crippen molar-refractivity contribution >= 4 is 5.97 Å². The van der Waals surface area contributed by atoms with E-state index in [-0.39, 0.29) is 12.2 Å². The number of nitrogens with one attached hydrogen (secondary N) is 1. The summed E-state index contributed by atoms with van der Waals surface area (Å²) in [7, 11) is 0. The van der Waals surface area contributed by atoms with E-state index in [4.69, 9.17) is 5.26 Å². The Morgan fingerprint density at radius 3 is 2.77 bits per heavy atom. The maximum atomic E-state index is 11.0. The van der Waals surface area contributed by atoms with Crippen molar-refractivity contribution in [1.82, 2.24) is 5.32 Å². The Hall–Kier alpha value is -1.50. The Kier molecular flexibility index (Phi) is 6.34. The number of esters is 1. The molecule has 0 aliphatic rings. The lowest BCUT2D eigenvalue weighted by molar-refractivity contribution is -0.138. The van der Waals surface area contributed by atoms with E-state index in [0.717, 1.165) is 13.0 Å². The maximum Gasteiger partial charge on any atom is 0.350 e. The second kappa shape index (κ2) is 7.17. The van der Waals surface area contributed by atoms with Gasteiger partial charge in [-0.15, -0.1) is 0 Å². The summed E-state index contributed by atoms with van der Waals surface area (Å²) in [6, 6.07) is 1.77. The van der Waals surface area contributed by atoms with Crippen LogP contribution in [-0.2, 0) is 9.53 Å². The minimum atomic E-state index is -0.575. The summed E-state index contributed by atoms with van der Waals surface area (Å²) in [6.07, 6.45) is 2.33. The van der Waals surface area contributed by atoms with Crippen molar-refractivity contribution in [2.75, 3.05) is 13.2 Å². The fraction of sp³-hybridized carbons (Fsp3) is 0.556. The first-order valence-electron chi connectivity index (χ1n) is 4.27. The Bertz CT molecular complexity index is 228. The molecule has 0 radical (unpaired) electrons. The smallest absolute Gasteiger partial charge is 0.350 e. The van der Waals surface area contributed by atoms with Crippen molar-refractivity contribution < 1.29 is 9.53 Å². The summed E-state index contributed by atoms with van der Waals surface area (Å²) < 4.78 is 4.66. The minimum absolute atomic E-state index is 0.00954. The van der Waals surface area contributed by atoms with Crippen LogP contribution in [0.15, 0.2) is 11.8 Å². The molecule has 0 aliphatic carbocycles. The van der Waals surface area contributed by atoms with Gasteiger partial charge in [0.1, 0.15) is 6.07 Å². The molecule has 0 amide bonds. The van der Waals surface area contributed by atoms with Crippen LogP contribution < -0.4 is 5.32 Å². The highest BCUT2D eigenvalue weighted by Gasteiger charge is 2.08. The third kappa shape index (κ3) is 4.86. The van der Waals surface area contributed by atoms with Crippen molar-refractivity contribution in [2.24, 2.45) is 0 Å². The molecule has 13 heavy (non-hydrogen) atoms. The molecule has 1 N–H and O–H groups in total. The fourth-order valence-electron chi connectivity index (χ4n) is 0.664. The first kappa shape index (κ1) is 11.5. The molecule has 0 fully saturated rings. The molecule has 0 unspecified atom stereocenters. The Morgan fingerprint density at radius 1 is 1.62 bits per heavy atom. The SMILES string of the molecule is CCCN/C=C(\C#N)C(=O)OCC. The van der Waals surface area contributed by atoms with Crippen LogP contribution in [0, 0.1) is 11.3 Å². The van der Waals surface area contributed by atoms with Gasteiger partial charge in [-0.05, 0) is 13.3 Å². The van der Waals surface area contributed by atoms with E-state index in [0.29, 0.717) is 0 Å². The van der Waals surface area contributed by atoms with Gasteiger partial charge in [0.2, 0.25) is 0 Å². The summed E-state index contributed by atoms with van der Waals surface area (Å²) >= 11 is 0. The zero-order valence-corrected chi connectivity index (χ0v) is 7.96. The Balaban J connectivity index is 4.09. The van der Waals surface area contributed by atoms with E-state index in [1.807, 2.05) is 6.92 Å². The van der Waals surface area contributed by atoms with Gasteiger partial charge in [0.25, 0.3) is 0 Å². The number of rotatable bonds is 5. The summed E-state index contributed by atoms with van der Waals surface area (Å²) in [4.78, 5) is 11.0.